The van der Waals surface area contributed by atoms with Gasteiger partial charge >= 0.3 is 0 Å². The fraction of sp³-hybridized carbons (Fsp3) is 0.111. The van der Waals surface area contributed by atoms with E-state index >= 15 is 0 Å². The van der Waals surface area contributed by atoms with Gasteiger partial charge < -0.3 is 4.40 Å². The predicted octanol–water partition coefficient (Wildman–Crippen LogP) is 2.76. The first kappa shape index (κ1) is 18.0. The highest BCUT2D eigenvalue weighted by Crippen LogP contribution is 2.21. The van der Waals surface area contributed by atoms with Gasteiger partial charge in [-0.05, 0) is 30.7 Å². The minimum absolute atomic E-state index is 0.0266. The number of terminal acetylenes is 1. The molecule has 0 fully saturated rings. The van der Waals surface area contributed by atoms with Crippen molar-refractivity contribution in [3.8, 4) is 12.3 Å². The Morgan fingerprint density at radius 3 is 2.65 bits per heavy atom. The molecule has 0 N–H and O–H groups in total. The van der Waals surface area contributed by atoms with Gasteiger partial charge in [-0.25, -0.2) is 17.7 Å². The van der Waals surface area contributed by atoms with E-state index in [1.54, 1.807) is 34.9 Å². The van der Waals surface area contributed by atoms with Gasteiger partial charge in [0.15, 0.2) is 5.65 Å². The van der Waals surface area contributed by atoms with Gasteiger partial charge in [0.2, 0.25) is 0 Å². The number of nitrogens with zero attached hydrogens (tertiary/aromatic N) is 3. The average molecular weight is 388 g/mol. The second-order valence-corrected chi connectivity index (χ2v) is 7.83. The normalized spacial score (nSPS) is 11.3. The summed E-state index contributed by atoms with van der Waals surface area (Å²) in [5, 5.41) is 0.360. The number of carbonyl (C=O) groups is 1. The Labute approximate surface area is 156 Å². The number of sulfonamides is 1. The van der Waals surface area contributed by atoms with Crippen molar-refractivity contribution in [1.29, 1.82) is 0 Å². The van der Waals surface area contributed by atoms with Crippen molar-refractivity contribution in [2.24, 2.45) is 0 Å². The van der Waals surface area contributed by atoms with Crippen LogP contribution in [0.4, 0.5) is 0 Å². The Hall–Kier alpha value is -2.82. The monoisotopic (exact) mass is 387 g/mol. The van der Waals surface area contributed by atoms with Crippen LogP contribution in [0.25, 0.3) is 5.65 Å². The molecule has 0 saturated carbocycles. The number of aryl methyl sites for hydroxylation is 1. The number of benzene rings is 1. The summed E-state index contributed by atoms with van der Waals surface area (Å²) in [6, 6.07) is 9.32. The first-order valence-electron chi connectivity index (χ1n) is 7.55. The van der Waals surface area contributed by atoms with Crippen LogP contribution < -0.4 is 0 Å². The summed E-state index contributed by atoms with van der Waals surface area (Å²) in [7, 11) is -4.11. The van der Waals surface area contributed by atoms with Crippen molar-refractivity contribution in [3.05, 3.63) is 65.1 Å². The summed E-state index contributed by atoms with van der Waals surface area (Å²) in [5.74, 6) is 1.40. The number of amides is 1. The molecule has 0 atom stereocenters. The molecule has 0 spiro atoms. The van der Waals surface area contributed by atoms with Gasteiger partial charge in [-0.1, -0.05) is 35.7 Å². The lowest BCUT2D eigenvalue weighted by molar-refractivity contribution is 0.0868. The van der Waals surface area contributed by atoms with E-state index in [1.807, 2.05) is 6.92 Å². The van der Waals surface area contributed by atoms with E-state index in [4.69, 9.17) is 18.0 Å². The first-order chi connectivity index (χ1) is 12.3. The van der Waals surface area contributed by atoms with Crippen LogP contribution in [-0.4, -0.2) is 34.6 Å². The number of fused-ring (bicyclic) bond motifs is 1. The summed E-state index contributed by atoms with van der Waals surface area (Å²) in [5.41, 5.74) is 1.17. The number of halogens is 1. The summed E-state index contributed by atoms with van der Waals surface area (Å²) >= 11 is 6.15. The smallest absolute Gasteiger partial charge is 0.288 e. The van der Waals surface area contributed by atoms with Gasteiger partial charge in [-0.2, -0.15) is 0 Å². The Bertz CT molecular complexity index is 1130. The van der Waals surface area contributed by atoms with Gasteiger partial charge in [0, 0.05) is 12.4 Å². The van der Waals surface area contributed by atoms with Gasteiger partial charge in [0.1, 0.15) is 5.69 Å². The number of hydrogen-bond acceptors (Lipinski definition) is 4. The maximum absolute atomic E-state index is 12.9. The van der Waals surface area contributed by atoms with Gasteiger partial charge in [0.05, 0.1) is 16.5 Å². The summed E-state index contributed by atoms with van der Waals surface area (Å²) in [6.07, 6.45) is 8.45. The van der Waals surface area contributed by atoms with E-state index in [0.29, 0.717) is 15.0 Å². The molecule has 6 nitrogen and oxygen atoms in total. The number of pyridine rings is 1. The topological polar surface area (TPSA) is 71.8 Å². The molecule has 1 aromatic carbocycles. The first-order valence-corrected chi connectivity index (χ1v) is 9.37. The van der Waals surface area contributed by atoms with Crippen LogP contribution in [0.15, 0.2) is 53.7 Å². The van der Waals surface area contributed by atoms with Crippen LogP contribution in [0, 0.1) is 19.3 Å². The molecular formula is C18H14ClN3O3S. The highest BCUT2D eigenvalue weighted by atomic mass is 35.5. The zero-order valence-electron chi connectivity index (χ0n) is 13.8. The molecule has 1 amide bonds. The van der Waals surface area contributed by atoms with Crippen LogP contribution >= 0.6 is 11.6 Å². The molecule has 8 heteroatoms. The number of carbonyl (C=O) groups excluding carboxylic acids is 1. The fourth-order valence-corrected chi connectivity index (χ4v) is 4.11. The largest absolute Gasteiger partial charge is 0.305 e. The molecule has 2 aromatic heterocycles. The Morgan fingerprint density at radius 2 is 2.00 bits per heavy atom. The number of aromatic nitrogens is 2. The Morgan fingerprint density at radius 1 is 1.31 bits per heavy atom. The lowest BCUT2D eigenvalue weighted by Gasteiger charge is -2.19. The molecule has 0 aliphatic carbocycles. The Balaban J connectivity index is 2.08. The van der Waals surface area contributed by atoms with Crippen LogP contribution in [0.2, 0.25) is 5.02 Å². The third kappa shape index (κ3) is 3.17. The van der Waals surface area contributed by atoms with E-state index in [-0.39, 0.29) is 10.6 Å². The minimum atomic E-state index is -4.11. The molecular weight excluding hydrogens is 374 g/mol. The SMILES string of the molecule is C#CCN(C(=O)c1cn2cc(C)cc(Cl)c2n1)S(=O)(=O)c1ccccc1. The molecule has 0 aliphatic rings. The molecule has 0 saturated heterocycles. The molecule has 3 aromatic rings. The second kappa shape index (κ2) is 6.83. The average Bonchev–Trinajstić information content (AvgIpc) is 3.04. The molecule has 2 heterocycles. The van der Waals surface area contributed by atoms with Crippen molar-refractivity contribution in [2.45, 2.75) is 11.8 Å². The van der Waals surface area contributed by atoms with Gasteiger partial charge in [0.25, 0.3) is 15.9 Å². The van der Waals surface area contributed by atoms with E-state index < -0.39 is 22.5 Å². The second-order valence-electron chi connectivity index (χ2n) is 5.56. The summed E-state index contributed by atoms with van der Waals surface area (Å²) in [6.45, 7) is 1.44. The number of hydrogen-bond donors (Lipinski definition) is 0. The maximum Gasteiger partial charge on any atom is 0.288 e. The van der Waals surface area contributed by atoms with Crippen molar-refractivity contribution in [2.75, 3.05) is 6.54 Å². The zero-order chi connectivity index (χ0) is 18.9. The lowest BCUT2D eigenvalue weighted by Crippen LogP contribution is -2.37. The van der Waals surface area contributed by atoms with Crippen molar-refractivity contribution in [3.63, 3.8) is 0 Å². The number of imidazole rings is 1. The number of rotatable bonds is 4. The Kier molecular flexibility index (Phi) is 4.72. The molecule has 0 aliphatic heterocycles. The third-order valence-electron chi connectivity index (χ3n) is 3.65. The van der Waals surface area contributed by atoms with E-state index in [9.17, 15) is 13.2 Å². The van der Waals surface area contributed by atoms with E-state index in [1.165, 1.54) is 18.3 Å². The molecule has 0 unspecified atom stereocenters. The standard InChI is InChI=1S/C18H14ClN3O3S/c1-3-9-22(26(24,25)14-7-5-4-6-8-14)18(23)16-12-21-11-13(2)10-15(19)17(21)20-16/h1,4-8,10-12H,9H2,2H3. The minimum Gasteiger partial charge on any atom is -0.305 e. The van der Waals surface area contributed by atoms with E-state index in [2.05, 4.69) is 10.9 Å². The quantitative estimate of drug-likeness (QED) is 0.645. The summed E-state index contributed by atoms with van der Waals surface area (Å²) < 4.78 is 27.9. The van der Waals surface area contributed by atoms with Crippen molar-refractivity contribution >= 4 is 33.2 Å². The van der Waals surface area contributed by atoms with Crippen LogP contribution in [0.5, 0.6) is 0 Å². The van der Waals surface area contributed by atoms with E-state index in [0.717, 1.165) is 5.56 Å². The van der Waals surface area contributed by atoms with Crippen LogP contribution in [0.3, 0.4) is 0 Å². The molecule has 0 radical (unpaired) electrons. The summed E-state index contributed by atoms with van der Waals surface area (Å²) in [4.78, 5) is 17.0. The molecule has 3 rings (SSSR count). The maximum atomic E-state index is 12.9. The van der Waals surface area contributed by atoms with Crippen LogP contribution in [-0.2, 0) is 10.0 Å². The highest BCUT2D eigenvalue weighted by Gasteiger charge is 2.31. The zero-order valence-corrected chi connectivity index (χ0v) is 15.3. The predicted molar refractivity (Wildman–Crippen MR) is 98.4 cm³/mol. The molecule has 0 bridgehead atoms. The van der Waals surface area contributed by atoms with Crippen LogP contribution in [0.1, 0.15) is 16.1 Å². The van der Waals surface area contributed by atoms with Gasteiger partial charge in [-0.15, -0.1) is 6.42 Å². The molecule has 132 valence electrons. The molecule has 26 heavy (non-hydrogen) atoms. The lowest BCUT2D eigenvalue weighted by atomic mass is 10.3. The van der Waals surface area contributed by atoms with Crippen molar-refractivity contribution < 1.29 is 13.2 Å². The third-order valence-corrected chi connectivity index (χ3v) is 5.68. The fourth-order valence-electron chi connectivity index (χ4n) is 2.49. The van der Waals surface area contributed by atoms with Gasteiger partial charge in [-0.3, -0.25) is 4.79 Å². The van der Waals surface area contributed by atoms with Crippen molar-refractivity contribution in [1.82, 2.24) is 13.7 Å². The highest BCUT2D eigenvalue weighted by molar-refractivity contribution is 7.89.